The molecule has 1 aliphatic rings. The summed E-state index contributed by atoms with van der Waals surface area (Å²) in [7, 11) is -0.896. The lowest BCUT2D eigenvalue weighted by atomic mass is 9.86. The maximum atomic E-state index is 9.95. The summed E-state index contributed by atoms with van der Waals surface area (Å²) in [5.74, 6) is 0. The Bertz CT molecular complexity index is 672. The number of benzene rings is 2. The van der Waals surface area contributed by atoms with Gasteiger partial charge in [-0.25, -0.2) is 0 Å². The quantitative estimate of drug-likeness (QED) is 0.641. The van der Waals surface area contributed by atoms with E-state index in [4.69, 9.17) is 4.52 Å². The first kappa shape index (κ1) is 18.0. The molecule has 0 heterocycles. The van der Waals surface area contributed by atoms with Crippen LogP contribution in [-0.4, -0.2) is 29.0 Å². The molecule has 3 rings (SSSR count). The highest BCUT2D eigenvalue weighted by atomic mass is 31.1. The summed E-state index contributed by atoms with van der Waals surface area (Å²) in [6.07, 6.45) is 1.70. The molecule has 2 N–H and O–H groups in total. The van der Waals surface area contributed by atoms with Crippen molar-refractivity contribution in [3.8, 4) is 0 Å². The van der Waals surface area contributed by atoms with E-state index in [1.807, 2.05) is 42.5 Å². The Kier molecular flexibility index (Phi) is 6.17. The number of rotatable bonds is 5. The Morgan fingerprint density at radius 1 is 0.920 bits per heavy atom. The lowest BCUT2D eigenvalue weighted by Gasteiger charge is -2.27. The fourth-order valence-electron chi connectivity index (χ4n) is 2.89. The highest BCUT2D eigenvalue weighted by Crippen LogP contribution is 2.35. The van der Waals surface area contributed by atoms with Gasteiger partial charge in [-0.2, -0.15) is 0 Å². The van der Waals surface area contributed by atoms with Crippen LogP contribution in [0.2, 0.25) is 0 Å². The molecule has 1 fully saturated rings. The van der Waals surface area contributed by atoms with Crippen molar-refractivity contribution < 1.29 is 14.7 Å². The molecule has 0 aliphatic heterocycles. The summed E-state index contributed by atoms with van der Waals surface area (Å²) in [5, 5.41) is 22.2. The van der Waals surface area contributed by atoms with Crippen molar-refractivity contribution in [1.29, 1.82) is 0 Å². The van der Waals surface area contributed by atoms with Crippen molar-refractivity contribution in [3.05, 3.63) is 84.5 Å². The standard InChI is InChI=1S/C21H23O3P/c1-16-20(22)14-17(15-21(16)23)12-13-24-25(18-8-4-2-5-9-18)19-10-6-3-7-11-19/h2-12,20-23H,1,13-15H2. The fraction of sp³-hybridized carbons (Fsp3) is 0.238. The van der Waals surface area contributed by atoms with Gasteiger partial charge in [-0.05, 0) is 18.4 Å². The molecule has 2 atom stereocenters. The minimum Gasteiger partial charge on any atom is -0.388 e. The van der Waals surface area contributed by atoms with Crippen molar-refractivity contribution in [2.24, 2.45) is 0 Å². The van der Waals surface area contributed by atoms with E-state index in [1.54, 1.807) is 0 Å². The molecule has 0 radical (unpaired) electrons. The van der Waals surface area contributed by atoms with E-state index in [9.17, 15) is 10.2 Å². The van der Waals surface area contributed by atoms with Gasteiger partial charge in [0.25, 0.3) is 0 Å². The summed E-state index contributed by atoms with van der Waals surface area (Å²) >= 11 is 0. The van der Waals surface area contributed by atoms with Crippen LogP contribution in [0.15, 0.2) is 84.5 Å². The van der Waals surface area contributed by atoms with E-state index in [-0.39, 0.29) is 0 Å². The van der Waals surface area contributed by atoms with Crippen LogP contribution in [-0.2, 0) is 4.52 Å². The van der Waals surface area contributed by atoms with Crippen molar-refractivity contribution in [1.82, 2.24) is 0 Å². The second-order valence-electron chi connectivity index (χ2n) is 6.14. The van der Waals surface area contributed by atoms with E-state index >= 15 is 0 Å². The van der Waals surface area contributed by atoms with Gasteiger partial charge in [0.05, 0.1) is 27.0 Å². The van der Waals surface area contributed by atoms with Crippen molar-refractivity contribution in [3.63, 3.8) is 0 Å². The molecule has 1 aliphatic carbocycles. The average molecular weight is 354 g/mol. The third-order valence-corrected chi connectivity index (χ3v) is 6.27. The van der Waals surface area contributed by atoms with Gasteiger partial charge in [-0.15, -0.1) is 0 Å². The van der Waals surface area contributed by atoms with Crippen LogP contribution in [0.1, 0.15) is 12.8 Å². The minimum atomic E-state index is -0.896. The first-order valence-electron chi connectivity index (χ1n) is 8.41. The molecule has 3 nitrogen and oxygen atoms in total. The lowest BCUT2D eigenvalue weighted by Crippen LogP contribution is -2.28. The molecule has 0 saturated heterocycles. The van der Waals surface area contributed by atoms with E-state index < -0.39 is 20.4 Å². The van der Waals surface area contributed by atoms with Gasteiger partial charge in [-0.1, -0.05) is 78.9 Å². The highest BCUT2D eigenvalue weighted by molar-refractivity contribution is 7.68. The Hall–Kier alpha value is -1.77. The van der Waals surface area contributed by atoms with Crippen LogP contribution in [0.5, 0.6) is 0 Å². The number of aliphatic hydroxyl groups excluding tert-OH is 2. The second kappa shape index (κ2) is 8.55. The molecule has 4 heteroatoms. The van der Waals surface area contributed by atoms with Gasteiger partial charge in [0.2, 0.25) is 0 Å². The summed E-state index contributed by atoms with van der Waals surface area (Å²) < 4.78 is 6.22. The van der Waals surface area contributed by atoms with Gasteiger partial charge < -0.3 is 14.7 Å². The number of aliphatic hydroxyl groups is 2. The predicted molar refractivity (Wildman–Crippen MR) is 103 cm³/mol. The van der Waals surface area contributed by atoms with Crippen LogP contribution in [0.4, 0.5) is 0 Å². The number of hydrogen-bond donors (Lipinski definition) is 2. The van der Waals surface area contributed by atoms with Crippen LogP contribution in [0, 0.1) is 0 Å². The zero-order valence-corrected chi connectivity index (χ0v) is 15.0. The van der Waals surface area contributed by atoms with Crippen LogP contribution in [0.3, 0.4) is 0 Å². The molecule has 0 amide bonds. The Morgan fingerprint density at radius 3 is 1.88 bits per heavy atom. The van der Waals surface area contributed by atoms with Crippen molar-refractivity contribution in [2.45, 2.75) is 25.0 Å². The minimum absolute atomic E-state index is 0.455. The van der Waals surface area contributed by atoms with Crippen LogP contribution >= 0.6 is 8.15 Å². The maximum Gasteiger partial charge on any atom is 0.0922 e. The molecule has 0 aromatic heterocycles. The van der Waals surface area contributed by atoms with E-state index in [0.29, 0.717) is 25.0 Å². The van der Waals surface area contributed by atoms with Gasteiger partial charge in [0.15, 0.2) is 0 Å². The third kappa shape index (κ3) is 4.65. The normalized spacial score (nSPS) is 20.8. The topological polar surface area (TPSA) is 49.7 Å². The summed E-state index contributed by atoms with van der Waals surface area (Å²) in [6, 6.07) is 20.4. The number of hydrogen-bond acceptors (Lipinski definition) is 3. The average Bonchev–Trinajstić information content (AvgIpc) is 2.64. The largest absolute Gasteiger partial charge is 0.388 e. The van der Waals surface area contributed by atoms with Crippen molar-refractivity contribution >= 4 is 18.8 Å². The Morgan fingerprint density at radius 2 is 1.40 bits per heavy atom. The Labute approximate surface area is 150 Å². The third-order valence-electron chi connectivity index (χ3n) is 4.32. The van der Waals surface area contributed by atoms with Crippen LogP contribution < -0.4 is 10.6 Å². The van der Waals surface area contributed by atoms with E-state index in [2.05, 4.69) is 30.8 Å². The first-order chi connectivity index (χ1) is 12.1. The second-order valence-corrected chi connectivity index (χ2v) is 8.02. The zero-order valence-electron chi connectivity index (χ0n) is 14.1. The van der Waals surface area contributed by atoms with Crippen LogP contribution in [0.25, 0.3) is 0 Å². The molecule has 0 spiro atoms. The lowest BCUT2D eigenvalue weighted by molar-refractivity contribution is 0.123. The van der Waals surface area contributed by atoms with Gasteiger partial charge in [-0.3, -0.25) is 0 Å². The molecule has 1 saturated carbocycles. The first-order valence-corrected chi connectivity index (χ1v) is 9.67. The monoisotopic (exact) mass is 354 g/mol. The Balaban J connectivity index is 1.72. The molecular weight excluding hydrogens is 331 g/mol. The van der Waals surface area contributed by atoms with Crippen molar-refractivity contribution in [2.75, 3.05) is 6.61 Å². The van der Waals surface area contributed by atoms with Gasteiger partial charge >= 0.3 is 0 Å². The van der Waals surface area contributed by atoms with Gasteiger partial charge in [0, 0.05) is 10.6 Å². The summed E-state index contributed by atoms with van der Waals surface area (Å²) in [6.45, 7) is 4.20. The van der Waals surface area contributed by atoms with E-state index in [1.165, 1.54) is 10.6 Å². The maximum absolute atomic E-state index is 9.95. The molecule has 2 aromatic carbocycles. The van der Waals surface area contributed by atoms with E-state index in [0.717, 1.165) is 5.57 Å². The molecule has 2 aromatic rings. The molecule has 25 heavy (non-hydrogen) atoms. The molecule has 130 valence electrons. The zero-order chi connectivity index (χ0) is 17.6. The molecule has 0 bridgehead atoms. The molecule has 2 unspecified atom stereocenters. The van der Waals surface area contributed by atoms with Gasteiger partial charge in [0.1, 0.15) is 0 Å². The molecular formula is C21H23O3P. The summed E-state index contributed by atoms with van der Waals surface area (Å²) in [4.78, 5) is 0. The smallest absolute Gasteiger partial charge is 0.0922 e. The predicted octanol–water partition coefficient (Wildman–Crippen LogP) is 3.05. The summed E-state index contributed by atoms with van der Waals surface area (Å²) in [5.41, 5.74) is 1.53. The SMILES string of the molecule is C=C1C(O)CC(=CCOP(c2ccccc2)c2ccccc2)CC1O. The highest BCUT2D eigenvalue weighted by Gasteiger charge is 2.25. The fourth-order valence-corrected chi connectivity index (χ4v) is 4.59.